The molecule has 4 nitrogen and oxygen atoms in total. The van der Waals surface area contributed by atoms with Crippen LogP contribution in [0.2, 0.25) is 0 Å². The number of rotatable bonds is 4. The Bertz CT molecular complexity index is 355. The summed E-state index contributed by atoms with van der Waals surface area (Å²) in [5, 5.41) is 12.6. The van der Waals surface area contributed by atoms with E-state index >= 15 is 0 Å². The van der Waals surface area contributed by atoms with Gasteiger partial charge in [-0.3, -0.25) is 0 Å². The van der Waals surface area contributed by atoms with Gasteiger partial charge in [-0.15, -0.1) is 0 Å². The van der Waals surface area contributed by atoms with E-state index in [1.54, 1.807) is 38.1 Å². The number of carboxylic acid groups (broad SMARTS) is 1. The molecule has 0 heterocycles. The van der Waals surface area contributed by atoms with Crippen LogP contribution in [0, 0.1) is 0 Å². The molecule has 1 rings (SSSR count). The smallest absolute Gasteiger partial charge is 0.352 e. The topological polar surface area (TPSA) is 58.9 Å². The maximum absolute atomic E-state index is 10.9. The molecule has 1 aromatic carbocycles. The standard InChI is InChI=1S/C11H13NO3/c1-8(2)12-15-10(11(13)14)9-6-4-3-5-7-9/h3-7,10H,1-2H3,(H,13,14)/t10-/m0/s1. The van der Waals surface area contributed by atoms with Crippen molar-refractivity contribution in [1.29, 1.82) is 0 Å². The zero-order valence-corrected chi connectivity index (χ0v) is 8.68. The Hall–Kier alpha value is -1.84. The first-order valence-electron chi connectivity index (χ1n) is 4.56. The van der Waals surface area contributed by atoms with Crippen LogP contribution in [0.25, 0.3) is 0 Å². The molecule has 4 heteroatoms. The molecular weight excluding hydrogens is 194 g/mol. The predicted molar refractivity (Wildman–Crippen MR) is 56.7 cm³/mol. The van der Waals surface area contributed by atoms with Gasteiger partial charge >= 0.3 is 5.97 Å². The Labute approximate surface area is 88.2 Å². The van der Waals surface area contributed by atoms with Gasteiger partial charge in [0.2, 0.25) is 6.10 Å². The number of carbonyl (C=O) groups is 1. The minimum atomic E-state index is -1.05. The molecule has 0 fully saturated rings. The van der Waals surface area contributed by atoms with Gasteiger partial charge in [-0.05, 0) is 13.8 Å². The molecule has 1 aromatic rings. The van der Waals surface area contributed by atoms with E-state index in [9.17, 15) is 4.79 Å². The van der Waals surface area contributed by atoms with Crippen LogP contribution >= 0.6 is 0 Å². The molecule has 80 valence electrons. The molecule has 0 bridgehead atoms. The summed E-state index contributed by atoms with van der Waals surface area (Å²) in [4.78, 5) is 15.9. The molecule has 0 saturated heterocycles. The molecule has 15 heavy (non-hydrogen) atoms. The van der Waals surface area contributed by atoms with Crippen LogP contribution in [0.5, 0.6) is 0 Å². The van der Waals surface area contributed by atoms with Crippen molar-refractivity contribution in [3.05, 3.63) is 35.9 Å². The lowest BCUT2D eigenvalue weighted by Crippen LogP contribution is -2.13. The quantitative estimate of drug-likeness (QED) is 0.608. The number of carboxylic acids is 1. The van der Waals surface area contributed by atoms with Crippen LogP contribution in [0.3, 0.4) is 0 Å². The molecule has 0 aliphatic rings. The lowest BCUT2D eigenvalue weighted by molar-refractivity contribution is -0.150. The van der Waals surface area contributed by atoms with Crippen LogP contribution in [0.1, 0.15) is 25.5 Å². The van der Waals surface area contributed by atoms with Crippen molar-refractivity contribution in [2.45, 2.75) is 20.0 Å². The fourth-order valence-corrected chi connectivity index (χ4v) is 1.03. The van der Waals surface area contributed by atoms with Crippen LogP contribution < -0.4 is 0 Å². The summed E-state index contributed by atoms with van der Waals surface area (Å²) in [5.41, 5.74) is 1.26. The third kappa shape index (κ3) is 3.42. The van der Waals surface area contributed by atoms with E-state index in [0.29, 0.717) is 11.3 Å². The van der Waals surface area contributed by atoms with Crippen molar-refractivity contribution in [2.24, 2.45) is 5.16 Å². The maximum atomic E-state index is 10.9. The highest BCUT2D eigenvalue weighted by Gasteiger charge is 2.21. The van der Waals surface area contributed by atoms with E-state index in [1.165, 1.54) is 0 Å². The molecule has 0 aromatic heterocycles. The van der Waals surface area contributed by atoms with Crippen molar-refractivity contribution >= 4 is 11.7 Å². The summed E-state index contributed by atoms with van der Waals surface area (Å²) < 4.78 is 0. The Kier molecular flexibility index (Phi) is 3.85. The molecule has 1 N–H and O–H groups in total. The summed E-state index contributed by atoms with van der Waals surface area (Å²) in [6.45, 7) is 3.48. The summed E-state index contributed by atoms with van der Waals surface area (Å²) in [7, 11) is 0. The van der Waals surface area contributed by atoms with Crippen LogP contribution in [0.15, 0.2) is 35.5 Å². The fraction of sp³-hybridized carbons (Fsp3) is 0.273. The van der Waals surface area contributed by atoms with Gasteiger partial charge in [0, 0.05) is 5.56 Å². The predicted octanol–water partition coefficient (Wildman–Crippen LogP) is 2.22. The fourth-order valence-electron chi connectivity index (χ4n) is 1.03. The van der Waals surface area contributed by atoms with Gasteiger partial charge in [-0.2, -0.15) is 0 Å². The lowest BCUT2D eigenvalue weighted by Gasteiger charge is -2.10. The Balaban J connectivity index is 2.85. The minimum absolute atomic E-state index is 0.579. The molecule has 0 spiro atoms. The van der Waals surface area contributed by atoms with E-state index in [2.05, 4.69) is 5.16 Å². The molecule has 0 amide bonds. The van der Waals surface area contributed by atoms with Crippen molar-refractivity contribution in [3.8, 4) is 0 Å². The zero-order chi connectivity index (χ0) is 11.3. The molecule has 0 aliphatic carbocycles. The van der Waals surface area contributed by atoms with E-state index in [0.717, 1.165) is 0 Å². The highest BCUT2D eigenvalue weighted by molar-refractivity contribution is 5.79. The van der Waals surface area contributed by atoms with Gasteiger partial charge in [0.25, 0.3) is 0 Å². The van der Waals surface area contributed by atoms with E-state index in [4.69, 9.17) is 9.94 Å². The van der Waals surface area contributed by atoms with Gasteiger partial charge in [-0.25, -0.2) is 4.79 Å². The molecule has 1 atom stereocenters. The average molecular weight is 207 g/mol. The van der Waals surface area contributed by atoms with Gasteiger partial charge in [-0.1, -0.05) is 35.5 Å². The molecular formula is C11H13NO3. The summed E-state index contributed by atoms with van der Waals surface area (Å²) in [5.74, 6) is -1.05. The second-order valence-electron chi connectivity index (χ2n) is 3.27. The summed E-state index contributed by atoms with van der Waals surface area (Å²) >= 11 is 0. The number of aliphatic carboxylic acids is 1. The third-order valence-corrected chi connectivity index (χ3v) is 1.67. The van der Waals surface area contributed by atoms with E-state index in [-0.39, 0.29) is 0 Å². The monoisotopic (exact) mass is 207 g/mol. The Morgan fingerprint density at radius 1 is 1.33 bits per heavy atom. The molecule has 0 saturated carbocycles. The van der Waals surface area contributed by atoms with Crippen molar-refractivity contribution in [1.82, 2.24) is 0 Å². The molecule has 0 unspecified atom stereocenters. The zero-order valence-electron chi connectivity index (χ0n) is 8.68. The second-order valence-corrected chi connectivity index (χ2v) is 3.27. The van der Waals surface area contributed by atoms with Gasteiger partial charge in [0.05, 0.1) is 5.71 Å². The first-order valence-corrected chi connectivity index (χ1v) is 4.56. The molecule has 0 radical (unpaired) electrons. The van der Waals surface area contributed by atoms with Crippen molar-refractivity contribution < 1.29 is 14.7 Å². The van der Waals surface area contributed by atoms with Crippen LogP contribution in [-0.2, 0) is 9.63 Å². The van der Waals surface area contributed by atoms with Crippen LogP contribution in [0.4, 0.5) is 0 Å². The maximum Gasteiger partial charge on any atom is 0.352 e. The number of hydrogen-bond donors (Lipinski definition) is 1. The summed E-state index contributed by atoms with van der Waals surface area (Å²) in [6, 6.07) is 8.73. The first kappa shape index (κ1) is 11.2. The Morgan fingerprint density at radius 2 is 1.93 bits per heavy atom. The minimum Gasteiger partial charge on any atom is -0.478 e. The number of benzene rings is 1. The molecule has 0 aliphatic heterocycles. The average Bonchev–Trinajstić information content (AvgIpc) is 2.18. The summed E-state index contributed by atoms with van der Waals surface area (Å²) in [6.07, 6.45) is -1.04. The third-order valence-electron chi connectivity index (χ3n) is 1.67. The lowest BCUT2D eigenvalue weighted by atomic mass is 10.1. The van der Waals surface area contributed by atoms with Crippen LogP contribution in [-0.4, -0.2) is 16.8 Å². The second kappa shape index (κ2) is 5.14. The van der Waals surface area contributed by atoms with E-state index < -0.39 is 12.1 Å². The highest BCUT2D eigenvalue weighted by Crippen LogP contribution is 2.17. The highest BCUT2D eigenvalue weighted by atomic mass is 16.6. The number of hydrogen-bond acceptors (Lipinski definition) is 3. The van der Waals surface area contributed by atoms with E-state index in [1.807, 2.05) is 6.07 Å². The van der Waals surface area contributed by atoms with Crippen molar-refractivity contribution in [2.75, 3.05) is 0 Å². The van der Waals surface area contributed by atoms with Gasteiger partial charge in [0.15, 0.2) is 0 Å². The van der Waals surface area contributed by atoms with Crippen molar-refractivity contribution in [3.63, 3.8) is 0 Å². The largest absolute Gasteiger partial charge is 0.478 e. The SMILES string of the molecule is CC(C)=NO[C@H](C(=O)O)c1ccccc1. The first-order chi connectivity index (χ1) is 7.11. The van der Waals surface area contributed by atoms with Gasteiger partial charge in [0.1, 0.15) is 0 Å². The Morgan fingerprint density at radius 3 is 2.40 bits per heavy atom. The normalized spacial score (nSPS) is 11.6. The van der Waals surface area contributed by atoms with Gasteiger partial charge < -0.3 is 9.94 Å². The number of oxime groups is 1. The number of nitrogens with zero attached hydrogens (tertiary/aromatic N) is 1.